The topological polar surface area (TPSA) is 156 Å². The van der Waals surface area contributed by atoms with Crippen LogP contribution in [0.1, 0.15) is 19.8 Å². The molecule has 0 aliphatic heterocycles. The zero-order valence-electron chi connectivity index (χ0n) is 13.6. The first kappa shape index (κ1) is 31.3. The number of carbonyl (C=O) groups excluding carboxylic acids is 2. The van der Waals surface area contributed by atoms with E-state index in [-0.39, 0.29) is 19.8 Å². The van der Waals surface area contributed by atoms with Gasteiger partial charge in [-0.15, -0.1) is 0 Å². The van der Waals surface area contributed by atoms with Crippen molar-refractivity contribution in [2.24, 2.45) is 5.41 Å². The SMILES string of the molecule is CCC(CO)(CO)CO.OP(O)O.[CH3][Mn][C]1=CC=CC1.[C]=O.[C]=O. The summed E-state index contributed by atoms with van der Waals surface area (Å²) in [7, 11) is -2.62. The van der Waals surface area contributed by atoms with Crippen LogP contribution in [0.5, 0.6) is 0 Å². The number of hydrogen-bond acceptors (Lipinski definition) is 8. The maximum absolute atomic E-state index is 8.66. The van der Waals surface area contributed by atoms with Gasteiger partial charge >= 0.3 is 58.5 Å². The molecule has 0 aromatic heterocycles. The van der Waals surface area contributed by atoms with Gasteiger partial charge in [-0.3, -0.25) is 9.59 Å². The summed E-state index contributed by atoms with van der Waals surface area (Å²) in [5.74, 6) is 2.22. The molecule has 10 heteroatoms. The third-order valence-corrected chi connectivity index (χ3v) is 3.92. The number of aliphatic hydroxyl groups excluding tert-OH is 3. The average molecular weight is 407 g/mol. The molecule has 6 N–H and O–H groups in total. The molecule has 0 fully saturated rings. The van der Waals surface area contributed by atoms with Gasteiger partial charge in [-0.25, -0.2) is 0 Å². The quantitative estimate of drug-likeness (QED) is 0.268. The summed E-state index contributed by atoms with van der Waals surface area (Å²) in [4.78, 5) is 36.7. The van der Waals surface area contributed by atoms with Crippen LogP contribution in [0.2, 0.25) is 5.82 Å². The van der Waals surface area contributed by atoms with E-state index in [4.69, 9.17) is 39.6 Å². The maximum Gasteiger partial charge on any atom is 0.281 e. The molecule has 0 heterocycles. The van der Waals surface area contributed by atoms with Gasteiger partial charge in [-0.2, -0.15) is 0 Å². The molecular formula is C14H25MnO8P. The largest absolute Gasteiger partial charge is 0.281 e. The Kier molecular flexibility index (Phi) is 32.3. The first-order valence-electron chi connectivity index (χ1n) is 6.36. The van der Waals surface area contributed by atoms with Crippen LogP contribution >= 0.6 is 8.60 Å². The molecule has 0 saturated heterocycles. The Balaban J connectivity index is -0.000000119. The van der Waals surface area contributed by atoms with E-state index in [0.29, 0.717) is 6.42 Å². The van der Waals surface area contributed by atoms with Crippen LogP contribution in [0.3, 0.4) is 0 Å². The second kappa shape index (κ2) is 24.8. The van der Waals surface area contributed by atoms with E-state index >= 15 is 0 Å². The van der Waals surface area contributed by atoms with Crippen LogP contribution in [0.15, 0.2) is 22.7 Å². The van der Waals surface area contributed by atoms with Gasteiger partial charge in [0.1, 0.15) is 0 Å². The zero-order valence-corrected chi connectivity index (χ0v) is 15.7. The molecule has 141 valence electrons. The fourth-order valence-electron chi connectivity index (χ4n) is 1.05. The van der Waals surface area contributed by atoms with E-state index in [1.807, 2.05) is 6.92 Å². The normalized spacial score (nSPS) is 11.5. The Morgan fingerprint density at radius 1 is 1.08 bits per heavy atom. The summed E-state index contributed by atoms with van der Waals surface area (Å²) >= 11 is 0.984. The van der Waals surface area contributed by atoms with E-state index in [2.05, 4.69) is 37.6 Å². The molecule has 4 radical (unpaired) electrons. The van der Waals surface area contributed by atoms with Crippen molar-refractivity contribution in [3.63, 3.8) is 0 Å². The molecular weight excluding hydrogens is 382 g/mol. The summed E-state index contributed by atoms with van der Waals surface area (Å²) in [6.07, 6.45) is 8.34. The minimum Gasteiger partial charge on any atom is -0.281 e. The molecule has 0 aromatic carbocycles. The molecule has 1 aliphatic rings. The Hall–Kier alpha value is -0.471. The van der Waals surface area contributed by atoms with E-state index in [9.17, 15) is 0 Å². The molecule has 0 saturated carbocycles. The van der Waals surface area contributed by atoms with Crippen molar-refractivity contribution in [3.05, 3.63) is 22.7 Å². The fraction of sp³-hybridized carbons (Fsp3) is 0.571. The molecule has 1 aliphatic carbocycles. The third-order valence-electron chi connectivity index (χ3n) is 2.72. The van der Waals surface area contributed by atoms with Crippen LogP contribution in [0.25, 0.3) is 0 Å². The minimum atomic E-state index is -2.62. The van der Waals surface area contributed by atoms with Gasteiger partial charge in [0.25, 0.3) is 13.6 Å². The summed E-state index contributed by atoms with van der Waals surface area (Å²) in [6.45, 7) is 10.4. The molecule has 1 rings (SSSR count). The Labute approximate surface area is 150 Å². The van der Waals surface area contributed by atoms with Crippen molar-refractivity contribution in [2.45, 2.75) is 25.6 Å². The molecule has 0 bridgehead atoms. The fourth-order valence-corrected chi connectivity index (χ4v) is 1.74. The molecule has 0 spiro atoms. The zero-order chi connectivity index (χ0) is 20.0. The molecule has 0 unspecified atom stereocenters. The van der Waals surface area contributed by atoms with Crippen molar-refractivity contribution in [1.82, 2.24) is 0 Å². The second-order valence-electron chi connectivity index (χ2n) is 4.03. The first-order chi connectivity index (χ1) is 11.4. The number of aliphatic hydroxyl groups is 3. The van der Waals surface area contributed by atoms with E-state index in [1.165, 1.54) is 6.42 Å². The maximum atomic E-state index is 8.66. The Morgan fingerprint density at radius 2 is 1.46 bits per heavy atom. The van der Waals surface area contributed by atoms with Gasteiger partial charge in [-0.05, 0) is 6.42 Å². The summed E-state index contributed by atoms with van der Waals surface area (Å²) < 4.78 is 1.59. The first-order valence-corrected chi connectivity index (χ1v) is 9.33. The predicted molar refractivity (Wildman–Crippen MR) is 86.6 cm³/mol. The van der Waals surface area contributed by atoms with Gasteiger partial charge in [0, 0.05) is 5.41 Å². The van der Waals surface area contributed by atoms with Crippen molar-refractivity contribution in [1.29, 1.82) is 0 Å². The summed E-state index contributed by atoms with van der Waals surface area (Å²) in [5, 5.41) is 26.0. The van der Waals surface area contributed by atoms with Gasteiger partial charge in [-0.1, -0.05) is 6.92 Å². The van der Waals surface area contributed by atoms with Gasteiger partial charge in [0.15, 0.2) is 0 Å². The monoisotopic (exact) mass is 407 g/mol. The van der Waals surface area contributed by atoms with Crippen LogP contribution < -0.4 is 0 Å². The Bertz CT molecular complexity index is 287. The van der Waals surface area contributed by atoms with Crippen LogP contribution in [0.4, 0.5) is 0 Å². The van der Waals surface area contributed by atoms with Crippen molar-refractivity contribution >= 4 is 22.2 Å². The Morgan fingerprint density at radius 3 is 1.54 bits per heavy atom. The van der Waals surface area contributed by atoms with Crippen LogP contribution in [-0.2, 0) is 24.5 Å². The van der Waals surface area contributed by atoms with Crippen molar-refractivity contribution in [2.75, 3.05) is 19.8 Å². The van der Waals surface area contributed by atoms with Crippen LogP contribution in [-0.4, -0.2) is 63.4 Å². The molecule has 0 atom stereocenters. The molecule has 0 amide bonds. The van der Waals surface area contributed by atoms with Crippen LogP contribution in [0, 0.1) is 5.41 Å². The standard InChI is InChI=1S/C6H14O3.C5H5.2CO.CH3.Mn.H3O3P/c1-2-6(3-7,4-8)5-9;1-2-4-5-3-1;2*1-2;;;1-4(2)3/h7-9H,2-5H2,1H3;1-3H,4H2;;;1H3;;1-3H. The predicted octanol–water partition coefficient (Wildman–Crippen LogP) is -0.283. The smallest absolute Gasteiger partial charge is 0.281 e. The van der Waals surface area contributed by atoms with Gasteiger partial charge in [0.05, 0.1) is 19.8 Å². The van der Waals surface area contributed by atoms with Crippen molar-refractivity contribution < 1.29 is 54.5 Å². The molecule has 24 heavy (non-hydrogen) atoms. The molecule has 0 aromatic rings. The van der Waals surface area contributed by atoms with Gasteiger partial charge < -0.3 is 30.0 Å². The van der Waals surface area contributed by atoms with E-state index < -0.39 is 14.0 Å². The number of allylic oxidation sites excluding steroid dienone is 4. The average Bonchev–Trinajstić information content (AvgIpc) is 3.15. The van der Waals surface area contributed by atoms with Gasteiger partial charge in [0.2, 0.25) is 0 Å². The van der Waals surface area contributed by atoms with Crippen molar-refractivity contribution in [3.8, 4) is 0 Å². The number of hydrogen-bond donors (Lipinski definition) is 6. The van der Waals surface area contributed by atoms with E-state index in [0.717, 1.165) is 15.0 Å². The molecule has 8 nitrogen and oxygen atoms in total. The summed E-state index contributed by atoms with van der Waals surface area (Å²) in [6, 6.07) is 0. The minimum absolute atomic E-state index is 0.156. The number of rotatable bonds is 5. The third kappa shape index (κ3) is 21.5. The summed E-state index contributed by atoms with van der Waals surface area (Å²) in [5.41, 5.74) is -0.667. The van der Waals surface area contributed by atoms with E-state index in [1.54, 1.807) is 4.47 Å². The second-order valence-corrected chi connectivity index (χ2v) is 5.92.